The molecule has 1 aliphatic rings. The van der Waals surface area contributed by atoms with Crippen LogP contribution in [0.25, 0.3) is 0 Å². The number of hydrogen-bond acceptors (Lipinski definition) is 5. The monoisotopic (exact) mass is 608 g/mol. The third-order valence-electron chi connectivity index (χ3n) is 8.61. The van der Waals surface area contributed by atoms with Gasteiger partial charge in [0.15, 0.2) is 0 Å². The second kappa shape index (κ2) is 14.9. The van der Waals surface area contributed by atoms with Gasteiger partial charge >= 0.3 is 0 Å². The summed E-state index contributed by atoms with van der Waals surface area (Å²) >= 11 is 0. The molecule has 5 rings (SSSR count). The zero-order valence-corrected chi connectivity index (χ0v) is 28.0. The molecule has 0 radical (unpaired) electrons. The van der Waals surface area contributed by atoms with E-state index in [1.54, 1.807) is 0 Å². The van der Waals surface area contributed by atoms with Gasteiger partial charge in [-0.2, -0.15) is 0 Å². The zero-order valence-electron chi connectivity index (χ0n) is 28.0. The van der Waals surface area contributed by atoms with Crippen LogP contribution < -0.4 is 18.9 Å². The standard InChI is InChI=1S/C40H48O5/c1-8-41-37-13-11-12-33(27(37)5)17-31-18-35(29(7)40(23-31)45-25-36-24-44-36)20-32-19-34(28(6)39(22-32)43-10-3)16-30-15-14-26(4)38(21-30)42-9-2/h11-15,18-19,21-23,36H,8-10,16-17,20,24-25H2,1-7H3. The first-order valence-corrected chi connectivity index (χ1v) is 16.3. The largest absolute Gasteiger partial charge is 0.494 e. The smallest absolute Gasteiger partial charge is 0.122 e. The van der Waals surface area contributed by atoms with Crippen molar-refractivity contribution in [3.63, 3.8) is 0 Å². The van der Waals surface area contributed by atoms with Crippen LogP contribution in [0.1, 0.15) is 76.4 Å². The fraction of sp³-hybridized carbons (Fsp3) is 0.400. The maximum absolute atomic E-state index is 6.35. The molecule has 0 saturated carbocycles. The molecule has 1 unspecified atom stereocenters. The van der Waals surface area contributed by atoms with E-state index in [1.807, 2.05) is 26.8 Å². The first kappa shape index (κ1) is 32.4. The second-order valence-corrected chi connectivity index (χ2v) is 12.0. The van der Waals surface area contributed by atoms with Gasteiger partial charge in [0.25, 0.3) is 0 Å². The normalized spacial score (nSPS) is 13.9. The molecule has 4 aromatic rings. The fourth-order valence-electron chi connectivity index (χ4n) is 5.88. The summed E-state index contributed by atoms with van der Waals surface area (Å²) in [5.74, 6) is 3.77. The van der Waals surface area contributed by atoms with Gasteiger partial charge in [0, 0.05) is 0 Å². The molecule has 238 valence electrons. The molecule has 1 saturated heterocycles. The Bertz CT molecular complexity index is 1620. The number of hydrogen-bond donors (Lipinski definition) is 0. The van der Waals surface area contributed by atoms with Gasteiger partial charge in [-0.25, -0.2) is 0 Å². The van der Waals surface area contributed by atoms with Gasteiger partial charge in [-0.15, -0.1) is 0 Å². The number of epoxide rings is 1. The lowest BCUT2D eigenvalue weighted by molar-refractivity contribution is 0.261. The second-order valence-electron chi connectivity index (χ2n) is 12.0. The van der Waals surface area contributed by atoms with E-state index in [0.29, 0.717) is 26.4 Å². The minimum absolute atomic E-state index is 0.194. The fourth-order valence-corrected chi connectivity index (χ4v) is 5.88. The molecular weight excluding hydrogens is 560 g/mol. The van der Waals surface area contributed by atoms with E-state index in [-0.39, 0.29) is 6.10 Å². The topological polar surface area (TPSA) is 49.5 Å². The van der Waals surface area contributed by atoms with Crippen LogP contribution in [0.2, 0.25) is 0 Å². The predicted molar refractivity (Wildman–Crippen MR) is 182 cm³/mol. The molecule has 4 aromatic carbocycles. The molecule has 1 heterocycles. The molecule has 0 N–H and O–H groups in total. The summed E-state index contributed by atoms with van der Waals surface area (Å²) in [6.45, 7) is 18.0. The molecule has 5 heteroatoms. The molecule has 0 bridgehead atoms. The molecule has 0 amide bonds. The van der Waals surface area contributed by atoms with Crippen LogP contribution in [0.4, 0.5) is 0 Å². The van der Waals surface area contributed by atoms with Crippen LogP contribution in [-0.4, -0.2) is 39.1 Å². The Morgan fingerprint density at radius 3 is 1.69 bits per heavy atom. The summed E-state index contributed by atoms with van der Waals surface area (Å²) in [5.41, 5.74) is 12.1. The lowest BCUT2D eigenvalue weighted by Gasteiger charge is -2.19. The molecule has 0 aromatic heterocycles. The molecule has 5 nitrogen and oxygen atoms in total. The predicted octanol–water partition coefficient (Wildman–Crippen LogP) is 8.67. The highest BCUT2D eigenvalue weighted by molar-refractivity contribution is 5.51. The number of benzene rings is 4. The van der Waals surface area contributed by atoms with E-state index in [9.17, 15) is 0 Å². The number of aryl methyl sites for hydroxylation is 1. The highest BCUT2D eigenvalue weighted by Crippen LogP contribution is 2.33. The first-order chi connectivity index (χ1) is 21.8. The van der Waals surface area contributed by atoms with Crippen molar-refractivity contribution in [3.8, 4) is 23.0 Å². The first-order valence-electron chi connectivity index (χ1n) is 16.3. The van der Waals surface area contributed by atoms with Crippen molar-refractivity contribution in [2.75, 3.05) is 33.0 Å². The van der Waals surface area contributed by atoms with E-state index in [0.717, 1.165) is 54.4 Å². The lowest BCUT2D eigenvalue weighted by Crippen LogP contribution is -2.08. The quantitative estimate of drug-likeness (QED) is 0.126. The Morgan fingerprint density at radius 1 is 0.556 bits per heavy atom. The molecule has 0 aliphatic carbocycles. The average molecular weight is 609 g/mol. The van der Waals surface area contributed by atoms with E-state index >= 15 is 0 Å². The highest BCUT2D eigenvalue weighted by Gasteiger charge is 2.24. The zero-order chi connectivity index (χ0) is 31.9. The van der Waals surface area contributed by atoms with Crippen LogP contribution in [0, 0.1) is 27.7 Å². The minimum Gasteiger partial charge on any atom is -0.494 e. The van der Waals surface area contributed by atoms with Gasteiger partial charge in [-0.1, -0.05) is 36.4 Å². The van der Waals surface area contributed by atoms with Crippen molar-refractivity contribution in [3.05, 3.63) is 116 Å². The van der Waals surface area contributed by atoms with Gasteiger partial charge in [-0.05, 0) is 148 Å². The summed E-state index contributed by atoms with van der Waals surface area (Å²) in [4.78, 5) is 0. The minimum atomic E-state index is 0.194. The molecule has 45 heavy (non-hydrogen) atoms. The molecule has 1 fully saturated rings. The van der Waals surface area contributed by atoms with Crippen molar-refractivity contribution in [2.45, 2.75) is 73.8 Å². The van der Waals surface area contributed by atoms with Gasteiger partial charge in [-0.3, -0.25) is 0 Å². The number of rotatable bonds is 15. The van der Waals surface area contributed by atoms with Gasteiger partial charge in [0.1, 0.15) is 35.7 Å². The molecule has 1 atom stereocenters. The average Bonchev–Trinajstić information content (AvgIpc) is 3.85. The van der Waals surface area contributed by atoms with E-state index in [4.69, 9.17) is 23.7 Å². The van der Waals surface area contributed by atoms with E-state index in [1.165, 1.54) is 50.1 Å². The van der Waals surface area contributed by atoms with Crippen LogP contribution >= 0.6 is 0 Å². The summed E-state index contributed by atoms with van der Waals surface area (Å²) < 4.78 is 29.8. The van der Waals surface area contributed by atoms with Crippen LogP contribution in [0.15, 0.2) is 60.7 Å². The maximum atomic E-state index is 6.35. The Kier molecular flexibility index (Phi) is 10.7. The van der Waals surface area contributed by atoms with Gasteiger partial charge in [0.2, 0.25) is 0 Å². The van der Waals surface area contributed by atoms with E-state index < -0.39 is 0 Å². The van der Waals surface area contributed by atoms with Crippen molar-refractivity contribution < 1.29 is 23.7 Å². The summed E-state index contributed by atoms with van der Waals surface area (Å²) in [7, 11) is 0. The van der Waals surface area contributed by atoms with Crippen LogP contribution in [-0.2, 0) is 24.0 Å². The van der Waals surface area contributed by atoms with Crippen molar-refractivity contribution in [1.82, 2.24) is 0 Å². The van der Waals surface area contributed by atoms with Gasteiger partial charge in [0.05, 0.1) is 26.4 Å². The summed E-state index contributed by atoms with van der Waals surface area (Å²) in [6.07, 6.45) is 2.58. The van der Waals surface area contributed by atoms with Crippen molar-refractivity contribution in [1.29, 1.82) is 0 Å². The Balaban J connectivity index is 1.49. The summed E-state index contributed by atoms with van der Waals surface area (Å²) in [5, 5.41) is 0. The number of ether oxygens (including phenoxy) is 5. The Morgan fingerprint density at radius 2 is 1.07 bits per heavy atom. The molecular formula is C40H48O5. The van der Waals surface area contributed by atoms with Crippen molar-refractivity contribution in [2.24, 2.45) is 0 Å². The third-order valence-corrected chi connectivity index (χ3v) is 8.61. The Hall–Kier alpha value is -3.96. The van der Waals surface area contributed by atoms with Crippen LogP contribution in [0.5, 0.6) is 23.0 Å². The van der Waals surface area contributed by atoms with Crippen LogP contribution in [0.3, 0.4) is 0 Å². The summed E-state index contributed by atoms with van der Waals surface area (Å²) in [6, 6.07) is 22.0. The Labute approximate surface area is 269 Å². The molecule has 1 aliphatic heterocycles. The molecule has 0 spiro atoms. The SMILES string of the molecule is CCOc1cc(Cc2cc(Cc3cc(Cc4cccc(OCC)c4C)cc(OCC4CO4)c3C)cc(OCC)c2C)ccc1C. The van der Waals surface area contributed by atoms with Gasteiger partial charge < -0.3 is 23.7 Å². The maximum Gasteiger partial charge on any atom is 0.122 e. The lowest BCUT2D eigenvalue weighted by atomic mass is 9.91. The third kappa shape index (κ3) is 8.20. The highest BCUT2D eigenvalue weighted by atomic mass is 16.6. The van der Waals surface area contributed by atoms with E-state index in [2.05, 4.69) is 82.3 Å². The van der Waals surface area contributed by atoms with Crippen molar-refractivity contribution >= 4 is 0 Å².